The molecule has 126 valence electrons. The van der Waals surface area contributed by atoms with Crippen LogP contribution in [-0.2, 0) is 0 Å². The van der Waals surface area contributed by atoms with Crippen LogP contribution in [0, 0.1) is 0 Å². The van der Waals surface area contributed by atoms with Crippen molar-refractivity contribution in [1.29, 1.82) is 0 Å². The van der Waals surface area contributed by atoms with E-state index in [9.17, 15) is 4.79 Å². The number of nitrogens with zero attached hydrogens (tertiary/aromatic N) is 4. The highest BCUT2D eigenvalue weighted by atomic mass is 16.2. The van der Waals surface area contributed by atoms with Gasteiger partial charge in [-0.25, -0.2) is 0 Å². The fourth-order valence-electron chi connectivity index (χ4n) is 3.83. The molecule has 5 heteroatoms. The minimum Gasteiger partial charge on any atom is -0.326 e. The Bertz CT molecular complexity index is 701. The fourth-order valence-corrected chi connectivity index (χ4v) is 3.83. The van der Waals surface area contributed by atoms with Crippen LogP contribution >= 0.6 is 0 Å². The van der Waals surface area contributed by atoms with E-state index in [0.29, 0.717) is 12.1 Å². The third kappa shape index (κ3) is 2.83. The molecule has 2 fully saturated rings. The zero-order valence-corrected chi connectivity index (χ0v) is 14.1. The number of hydrogen-bond acceptors (Lipinski definition) is 3. The largest absolute Gasteiger partial charge is 0.326 e. The summed E-state index contributed by atoms with van der Waals surface area (Å²) in [6.45, 7) is 2.08. The van der Waals surface area contributed by atoms with Gasteiger partial charge in [0.15, 0.2) is 0 Å². The minimum absolute atomic E-state index is 0.0156. The highest BCUT2D eigenvalue weighted by molar-refractivity contribution is 5.93. The lowest BCUT2D eigenvalue weighted by molar-refractivity contribution is 0.0654. The molecule has 2 heterocycles. The van der Waals surface area contributed by atoms with Crippen LogP contribution in [0.1, 0.15) is 73.7 Å². The van der Waals surface area contributed by atoms with E-state index in [4.69, 9.17) is 0 Å². The second-order valence-corrected chi connectivity index (χ2v) is 6.97. The number of rotatable bonds is 5. The molecule has 2 saturated carbocycles. The van der Waals surface area contributed by atoms with Gasteiger partial charge in [0.25, 0.3) is 5.91 Å². The third-order valence-corrected chi connectivity index (χ3v) is 5.27. The van der Waals surface area contributed by atoms with Gasteiger partial charge in [0.2, 0.25) is 0 Å². The van der Waals surface area contributed by atoms with E-state index >= 15 is 0 Å². The van der Waals surface area contributed by atoms with Crippen molar-refractivity contribution in [3.05, 3.63) is 48.0 Å². The average Bonchev–Trinajstić information content (AvgIpc) is 3.11. The van der Waals surface area contributed by atoms with Gasteiger partial charge in [-0.2, -0.15) is 5.10 Å². The molecule has 0 radical (unpaired) electrons. The zero-order chi connectivity index (χ0) is 16.5. The van der Waals surface area contributed by atoms with Gasteiger partial charge >= 0.3 is 0 Å². The van der Waals surface area contributed by atoms with Gasteiger partial charge in [0.1, 0.15) is 5.69 Å². The van der Waals surface area contributed by atoms with Crippen LogP contribution in [0.5, 0.6) is 0 Å². The van der Waals surface area contributed by atoms with E-state index in [1.165, 1.54) is 12.8 Å². The van der Waals surface area contributed by atoms with E-state index in [1.54, 1.807) is 12.4 Å². The van der Waals surface area contributed by atoms with E-state index < -0.39 is 0 Å². The highest BCUT2D eigenvalue weighted by Gasteiger charge is 2.38. The summed E-state index contributed by atoms with van der Waals surface area (Å²) >= 11 is 0. The summed E-state index contributed by atoms with van der Waals surface area (Å²) < 4.78 is 1.97. The molecule has 0 saturated heterocycles. The van der Waals surface area contributed by atoms with Crippen molar-refractivity contribution in [3.63, 3.8) is 0 Å². The molecule has 0 aliphatic heterocycles. The lowest BCUT2D eigenvalue weighted by atomic mass is 10.1. The van der Waals surface area contributed by atoms with E-state index in [0.717, 1.165) is 37.1 Å². The van der Waals surface area contributed by atoms with Crippen molar-refractivity contribution in [1.82, 2.24) is 19.7 Å². The quantitative estimate of drug-likeness (QED) is 0.841. The first-order chi connectivity index (χ1) is 11.8. The molecule has 0 unspecified atom stereocenters. The summed E-state index contributed by atoms with van der Waals surface area (Å²) in [5, 5.41) is 4.47. The summed E-state index contributed by atoms with van der Waals surface area (Å²) in [6, 6.07) is 8.47. The number of carbonyl (C=O) groups excluding carboxylic acids is 1. The summed E-state index contributed by atoms with van der Waals surface area (Å²) in [5.41, 5.74) is 1.68. The van der Waals surface area contributed by atoms with Crippen LogP contribution in [0.15, 0.2) is 36.7 Å². The molecular formula is C19H24N4O. The molecule has 1 atom stereocenters. The van der Waals surface area contributed by atoms with Gasteiger partial charge in [0.05, 0.1) is 17.8 Å². The standard InChI is InChI=1S/C19H24N4O/c1-14(17-8-4-5-12-20-17)22(15-9-10-15)19(24)18-11-13-21-23(18)16-6-2-3-7-16/h4-5,8,11-16H,2-3,6-7,9-10H2,1H3/t14-/m0/s1. The van der Waals surface area contributed by atoms with Crippen molar-refractivity contribution in [3.8, 4) is 0 Å². The van der Waals surface area contributed by atoms with Gasteiger partial charge in [-0.3, -0.25) is 14.5 Å². The summed E-state index contributed by atoms with van der Waals surface area (Å²) in [6.07, 6.45) is 10.4. The second-order valence-electron chi connectivity index (χ2n) is 6.97. The minimum atomic E-state index is -0.0156. The van der Waals surface area contributed by atoms with Gasteiger partial charge < -0.3 is 4.90 Å². The summed E-state index contributed by atoms with van der Waals surface area (Å²) in [5.74, 6) is 0.0973. The number of aromatic nitrogens is 3. The van der Waals surface area contributed by atoms with Crippen molar-refractivity contribution < 1.29 is 4.79 Å². The van der Waals surface area contributed by atoms with E-state index in [1.807, 2.05) is 33.8 Å². The molecule has 1 amide bonds. The van der Waals surface area contributed by atoms with Gasteiger partial charge in [-0.1, -0.05) is 18.9 Å². The SMILES string of the molecule is C[C@@H](c1ccccn1)N(C(=O)c1ccnn1C1CCCC1)C1CC1. The van der Waals surface area contributed by atoms with Gasteiger partial charge in [-0.05, 0) is 50.8 Å². The summed E-state index contributed by atoms with van der Waals surface area (Å²) in [4.78, 5) is 19.8. The normalized spacial score (nSPS) is 19.4. The fraction of sp³-hybridized carbons (Fsp3) is 0.526. The van der Waals surface area contributed by atoms with Crippen molar-refractivity contribution in [2.45, 2.75) is 63.6 Å². The Kier molecular flexibility index (Phi) is 4.08. The van der Waals surface area contributed by atoms with Crippen LogP contribution in [0.4, 0.5) is 0 Å². The smallest absolute Gasteiger partial charge is 0.272 e. The Morgan fingerprint density at radius 3 is 2.62 bits per heavy atom. The van der Waals surface area contributed by atoms with Crippen molar-refractivity contribution >= 4 is 5.91 Å². The predicted octanol–water partition coefficient (Wildman–Crippen LogP) is 3.76. The Hall–Kier alpha value is -2.17. The number of pyridine rings is 1. The molecule has 4 rings (SSSR count). The molecule has 2 aliphatic carbocycles. The number of hydrogen-bond donors (Lipinski definition) is 0. The monoisotopic (exact) mass is 324 g/mol. The van der Waals surface area contributed by atoms with Crippen LogP contribution in [-0.4, -0.2) is 31.6 Å². The number of amides is 1. The highest BCUT2D eigenvalue weighted by Crippen LogP contribution is 2.36. The Balaban J connectivity index is 1.62. The first-order valence-electron chi connectivity index (χ1n) is 9.03. The van der Waals surface area contributed by atoms with Crippen molar-refractivity contribution in [2.24, 2.45) is 0 Å². The number of carbonyl (C=O) groups is 1. The molecule has 0 spiro atoms. The van der Waals surface area contributed by atoms with Gasteiger partial charge in [-0.15, -0.1) is 0 Å². The zero-order valence-electron chi connectivity index (χ0n) is 14.1. The first-order valence-corrected chi connectivity index (χ1v) is 9.03. The van der Waals surface area contributed by atoms with Gasteiger partial charge in [0, 0.05) is 18.4 Å². The molecule has 0 aromatic carbocycles. The Morgan fingerprint density at radius 1 is 1.17 bits per heavy atom. The van der Waals surface area contributed by atoms with Crippen LogP contribution < -0.4 is 0 Å². The molecule has 2 aromatic rings. The van der Waals surface area contributed by atoms with Crippen molar-refractivity contribution in [2.75, 3.05) is 0 Å². The van der Waals surface area contributed by atoms with Crippen LogP contribution in [0.2, 0.25) is 0 Å². The average molecular weight is 324 g/mol. The topological polar surface area (TPSA) is 51.0 Å². The molecule has 5 nitrogen and oxygen atoms in total. The van der Waals surface area contributed by atoms with E-state index in [2.05, 4.69) is 17.0 Å². The molecule has 2 aromatic heterocycles. The lowest BCUT2D eigenvalue weighted by Gasteiger charge is -2.29. The Morgan fingerprint density at radius 2 is 1.96 bits per heavy atom. The van der Waals surface area contributed by atoms with E-state index in [-0.39, 0.29) is 11.9 Å². The molecule has 0 N–H and O–H groups in total. The predicted molar refractivity (Wildman–Crippen MR) is 91.6 cm³/mol. The molecule has 2 aliphatic rings. The molecular weight excluding hydrogens is 300 g/mol. The third-order valence-electron chi connectivity index (χ3n) is 5.27. The maximum Gasteiger partial charge on any atom is 0.272 e. The molecule has 0 bridgehead atoms. The maximum absolute atomic E-state index is 13.3. The summed E-state index contributed by atoms with van der Waals surface area (Å²) in [7, 11) is 0. The van der Waals surface area contributed by atoms with Crippen LogP contribution in [0.3, 0.4) is 0 Å². The molecule has 24 heavy (non-hydrogen) atoms. The second kappa shape index (κ2) is 6.38. The Labute approximate surface area is 142 Å². The maximum atomic E-state index is 13.3. The lowest BCUT2D eigenvalue weighted by Crippen LogP contribution is -2.37. The van der Waals surface area contributed by atoms with Crippen LogP contribution in [0.25, 0.3) is 0 Å². The first kappa shape index (κ1) is 15.4.